The molecule has 2 atom stereocenters. The molecule has 5 heteroatoms. The van der Waals surface area contributed by atoms with Crippen LogP contribution in [0.3, 0.4) is 0 Å². The molecule has 0 radical (unpaired) electrons. The minimum Gasteiger partial charge on any atom is -0.395 e. The number of likely N-dealkylation sites (tertiary alicyclic amines) is 1. The summed E-state index contributed by atoms with van der Waals surface area (Å²) in [5, 5.41) is 12.1. The average Bonchev–Trinajstić information content (AvgIpc) is 2.47. The molecule has 2 rings (SSSR count). The highest BCUT2D eigenvalue weighted by molar-refractivity contribution is 5.78. The number of carbonyl (C=O) groups is 1. The van der Waals surface area contributed by atoms with E-state index in [1.165, 1.54) is 12.8 Å². The van der Waals surface area contributed by atoms with Crippen molar-refractivity contribution in [3.63, 3.8) is 0 Å². The van der Waals surface area contributed by atoms with Gasteiger partial charge in [0.05, 0.1) is 19.1 Å². The molecule has 0 unspecified atom stereocenters. The number of nitrogens with zero attached hydrogens (tertiary/aromatic N) is 1. The summed E-state index contributed by atoms with van der Waals surface area (Å²) in [6.45, 7) is 4.00. The molecule has 2 N–H and O–H groups in total. The molecule has 5 nitrogen and oxygen atoms in total. The van der Waals surface area contributed by atoms with Crippen LogP contribution in [0, 0.1) is 5.92 Å². The summed E-state index contributed by atoms with van der Waals surface area (Å²) in [5.74, 6) is 0.165. The summed E-state index contributed by atoms with van der Waals surface area (Å²) < 4.78 is 5.35. The van der Waals surface area contributed by atoms with E-state index in [1.54, 1.807) is 0 Å². The number of rotatable bonds is 5. The van der Waals surface area contributed by atoms with Gasteiger partial charge in [-0.15, -0.1) is 0 Å². The Kier molecular flexibility index (Phi) is 6.07. The zero-order valence-corrected chi connectivity index (χ0v) is 11.6. The minimum absolute atomic E-state index is 0.0311. The summed E-state index contributed by atoms with van der Waals surface area (Å²) in [7, 11) is 0. The first-order chi connectivity index (χ1) is 9.31. The quantitative estimate of drug-likeness (QED) is 0.758. The molecule has 2 aliphatic heterocycles. The summed E-state index contributed by atoms with van der Waals surface area (Å²) in [6.07, 6.45) is 5.45. The minimum atomic E-state index is 0.0311. The Morgan fingerprint density at radius 2 is 2.21 bits per heavy atom. The van der Waals surface area contributed by atoms with Gasteiger partial charge in [0.25, 0.3) is 0 Å². The number of aliphatic hydroxyl groups excluding tert-OH is 1. The number of carbonyl (C=O) groups excluding carboxylic acids is 1. The van der Waals surface area contributed by atoms with E-state index >= 15 is 0 Å². The molecule has 0 bridgehead atoms. The van der Waals surface area contributed by atoms with E-state index in [2.05, 4.69) is 10.2 Å². The molecule has 19 heavy (non-hydrogen) atoms. The highest BCUT2D eigenvalue weighted by atomic mass is 16.5. The van der Waals surface area contributed by atoms with Gasteiger partial charge in [-0.05, 0) is 32.2 Å². The van der Waals surface area contributed by atoms with Gasteiger partial charge in [-0.1, -0.05) is 6.42 Å². The van der Waals surface area contributed by atoms with Gasteiger partial charge in [0, 0.05) is 25.7 Å². The molecule has 0 spiro atoms. The van der Waals surface area contributed by atoms with Crippen molar-refractivity contribution in [3.05, 3.63) is 0 Å². The van der Waals surface area contributed by atoms with Gasteiger partial charge in [-0.2, -0.15) is 0 Å². The fourth-order valence-corrected chi connectivity index (χ4v) is 3.02. The van der Waals surface area contributed by atoms with Crippen molar-refractivity contribution >= 4 is 5.91 Å². The van der Waals surface area contributed by atoms with Crippen LogP contribution in [0.25, 0.3) is 0 Å². The molecule has 110 valence electrons. The SMILES string of the molecule is O=C(NC[C@@H]1CCCCN1CCO)[C@H]1CCCOC1. The Labute approximate surface area is 115 Å². The number of aliphatic hydroxyl groups is 1. The largest absolute Gasteiger partial charge is 0.395 e. The maximum atomic E-state index is 12.0. The van der Waals surface area contributed by atoms with Crippen LogP contribution < -0.4 is 5.32 Å². The fraction of sp³-hybridized carbons (Fsp3) is 0.929. The molecular weight excluding hydrogens is 244 g/mol. The van der Waals surface area contributed by atoms with E-state index in [4.69, 9.17) is 9.84 Å². The molecule has 2 heterocycles. The molecule has 0 aliphatic carbocycles. The van der Waals surface area contributed by atoms with E-state index < -0.39 is 0 Å². The fourth-order valence-electron chi connectivity index (χ4n) is 3.02. The van der Waals surface area contributed by atoms with Crippen LogP contribution in [0.15, 0.2) is 0 Å². The Balaban J connectivity index is 1.74. The number of nitrogens with one attached hydrogen (secondary N) is 1. The summed E-state index contributed by atoms with van der Waals surface area (Å²) in [6, 6.07) is 0.384. The van der Waals surface area contributed by atoms with Crippen LogP contribution in [0.1, 0.15) is 32.1 Å². The van der Waals surface area contributed by atoms with E-state index in [0.29, 0.717) is 25.7 Å². The van der Waals surface area contributed by atoms with Gasteiger partial charge in [0.2, 0.25) is 5.91 Å². The number of β-amino-alcohol motifs (C(OH)–C–C–N with tert-alkyl or cyclic N) is 1. The van der Waals surface area contributed by atoms with Gasteiger partial charge in [-0.25, -0.2) is 0 Å². The van der Waals surface area contributed by atoms with Gasteiger partial charge < -0.3 is 15.2 Å². The Morgan fingerprint density at radius 3 is 2.95 bits per heavy atom. The Morgan fingerprint density at radius 1 is 1.32 bits per heavy atom. The van der Waals surface area contributed by atoms with Crippen molar-refractivity contribution in [1.29, 1.82) is 0 Å². The maximum Gasteiger partial charge on any atom is 0.225 e. The molecule has 0 saturated carbocycles. The summed E-state index contributed by atoms with van der Waals surface area (Å²) in [5.41, 5.74) is 0. The van der Waals surface area contributed by atoms with Gasteiger partial charge >= 0.3 is 0 Å². The van der Waals surface area contributed by atoms with Crippen LogP contribution in [-0.2, 0) is 9.53 Å². The van der Waals surface area contributed by atoms with Crippen molar-refractivity contribution < 1.29 is 14.6 Å². The number of hydrogen-bond donors (Lipinski definition) is 2. The number of amides is 1. The zero-order chi connectivity index (χ0) is 13.5. The topological polar surface area (TPSA) is 61.8 Å². The predicted molar refractivity (Wildman–Crippen MR) is 72.9 cm³/mol. The highest BCUT2D eigenvalue weighted by Crippen LogP contribution is 2.17. The summed E-state index contributed by atoms with van der Waals surface area (Å²) in [4.78, 5) is 14.3. The number of hydrogen-bond acceptors (Lipinski definition) is 4. The van der Waals surface area contributed by atoms with Crippen molar-refractivity contribution in [1.82, 2.24) is 10.2 Å². The monoisotopic (exact) mass is 270 g/mol. The third kappa shape index (κ3) is 4.44. The van der Waals surface area contributed by atoms with Crippen LogP contribution in [-0.4, -0.2) is 61.4 Å². The van der Waals surface area contributed by atoms with Gasteiger partial charge in [0.15, 0.2) is 0 Å². The van der Waals surface area contributed by atoms with Crippen molar-refractivity contribution in [2.75, 3.05) is 39.5 Å². The second-order valence-corrected chi connectivity index (χ2v) is 5.57. The van der Waals surface area contributed by atoms with E-state index in [9.17, 15) is 4.79 Å². The molecular formula is C14H26N2O3. The van der Waals surface area contributed by atoms with Crippen LogP contribution in [0.5, 0.6) is 0 Å². The maximum absolute atomic E-state index is 12.0. The van der Waals surface area contributed by atoms with Crippen LogP contribution in [0.4, 0.5) is 0 Å². The highest BCUT2D eigenvalue weighted by Gasteiger charge is 2.25. The van der Waals surface area contributed by atoms with Crippen molar-refractivity contribution in [3.8, 4) is 0 Å². The number of ether oxygens (including phenoxy) is 1. The molecule has 1 amide bonds. The molecule has 2 aliphatic rings. The molecule has 0 aromatic heterocycles. The normalized spacial score (nSPS) is 29.1. The standard InChI is InChI=1S/C14H26N2O3/c17-8-7-16-6-2-1-5-13(16)10-15-14(18)12-4-3-9-19-11-12/h12-13,17H,1-11H2,(H,15,18)/t12-,13-/m0/s1. The average molecular weight is 270 g/mol. The summed E-state index contributed by atoms with van der Waals surface area (Å²) >= 11 is 0. The molecule has 2 fully saturated rings. The first kappa shape index (κ1) is 14.8. The Bertz CT molecular complexity index is 278. The predicted octanol–water partition coefficient (Wildman–Crippen LogP) is 0.376. The van der Waals surface area contributed by atoms with Crippen LogP contribution >= 0.6 is 0 Å². The third-order valence-electron chi connectivity index (χ3n) is 4.18. The van der Waals surface area contributed by atoms with Crippen LogP contribution in [0.2, 0.25) is 0 Å². The van der Waals surface area contributed by atoms with E-state index in [-0.39, 0.29) is 18.4 Å². The lowest BCUT2D eigenvalue weighted by Gasteiger charge is -2.35. The first-order valence-electron chi connectivity index (χ1n) is 7.51. The molecule has 2 saturated heterocycles. The first-order valence-corrected chi connectivity index (χ1v) is 7.51. The number of piperidine rings is 1. The second-order valence-electron chi connectivity index (χ2n) is 5.57. The third-order valence-corrected chi connectivity index (χ3v) is 4.18. The van der Waals surface area contributed by atoms with Crippen molar-refractivity contribution in [2.45, 2.75) is 38.1 Å². The second kappa shape index (κ2) is 7.82. The van der Waals surface area contributed by atoms with E-state index in [0.717, 1.165) is 32.4 Å². The Hall–Kier alpha value is -0.650. The van der Waals surface area contributed by atoms with Gasteiger partial charge in [0.1, 0.15) is 0 Å². The van der Waals surface area contributed by atoms with E-state index in [1.807, 2.05) is 0 Å². The van der Waals surface area contributed by atoms with Gasteiger partial charge in [-0.3, -0.25) is 9.69 Å². The zero-order valence-electron chi connectivity index (χ0n) is 11.6. The van der Waals surface area contributed by atoms with Crippen molar-refractivity contribution in [2.24, 2.45) is 5.92 Å². The molecule has 0 aromatic carbocycles. The lowest BCUT2D eigenvalue weighted by Crippen LogP contribution is -2.49. The molecule has 0 aromatic rings. The lowest BCUT2D eigenvalue weighted by atomic mass is 9.99. The smallest absolute Gasteiger partial charge is 0.225 e. The lowest BCUT2D eigenvalue weighted by molar-refractivity contribution is -0.129.